The molecule has 0 fully saturated rings. The molecule has 1 aliphatic heterocycles. The third kappa shape index (κ3) is 3.45. The number of rotatable bonds is 1. The van der Waals surface area contributed by atoms with Crippen LogP contribution in [0.3, 0.4) is 0 Å². The molecular weight excluding hydrogens is 278 g/mol. The van der Waals surface area contributed by atoms with Gasteiger partial charge in [0.25, 0.3) is 0 Å². The molecule has 0 saturated heterocycles. The topological polar surface area (TPSA) is 36.8 Å². The van der Waals surface area contributed by atoms with Crippen LogP contribution in [0.5, 0.6) is 0 Å². The van der Waals surface area contributed by atoms with Crippen LogP contribution in [0, 0.1) is 0 Å². The second kappa shape index (κ2) is 5.53. The van der Waals surface area contributed by atoms with E-state index in [1.165, 1.54) is 16.3 Å². The van der Waals surface area contributed by atoms with Gasteiger partial charge in [-0.1, -0.05) is 48.2 Å². The van der Waals surface area contributed by atoms with Gasteiger partial charge in [0.05, 0.1) is 11.3 Å². The van der Waals surface area contributed by atoms with E-state index in [0.29, 0.717) is 0 Å². The number of hydrazone groups is 1. The van der Waals surface area contributed by atoms with Gasteiger partial charge in [-0.25, -0.2) is 0 Å². The molecule has 3 rings (SSSR count). The molecule has 0 spiro atoms. The summed E-state index contributed by atoms with van der Waals surface area (Å²) in [4.78, 5) is 4.61. The molecule has 0 bridgehead atoms. The van der Waals surface area contributed by atoms with Crippen LogP contribution >= 0.6 is 11.8 Å². The summed E-state index contributed by atoms with van der Waals surface area (Å²) in [6, 6.07) is 14.9. The molecule has 21 heavy (non-hydrogen) atoms. The summed E-state index contributed by atoms with van der Waals surface area (Å²) in [6.45, 7) is 6.26. The van der Waals surface area contributed by atoms with E-state index in [4.69, 9.17) is 0 Å². The molecule has 2 aromatic carbocycles. The summed E-state index contributed by atoms with van der Waals surface area (Å²) in [6.07, 6.45) is 0. The standard InChI is InChI=1S/C17H19N3S/c1-17(2,3)18-16-20-19-15(11-21-16)14-9-8-12-6-4-5-7-13(12)10-14/h4-10H,11H2,1-3H3,(H,18,20). The zero-order valence-corrected chi connectivity index (χ0v) is 13.4. The lowest BCUT2D eigenvalue weighted by Gasteiger charge is -2.19. The minimum absolute atomic E-state index is 0.0781. The second-order valence-corrected chi connectivity index (χ2v) is 7.07. The molecule has 4 heteroatoms. The van der Waals surface area contributed by atoms with Gasteiger partial charge in [0.1, 0.15) is 0 Å². The molecule has 0 radical (unpaired) electrons. The Hall–Kier alpha value is -1.81. The van der Waals surface area contributed by atoms with Crippen molar-refractivity contribution in [2.24, 2.45) is 10.1 Å². The van der Waals surface area contributed by atoms with Crippen LogP contribution in [0.4, 0.5) is 0 Å². The first kappa shape index (κ1) is 14.1. The van der Waals surface area contributed by atoms with Gasteiger partial charge in [0.2, 0.25) is 0 Å². The second-order valence-electron chi connectivity index (χ2n) is 6.11. The lowest BCUT2D eigenvalue weighted by molar-refractivity contribution is 0.582. The first-order chi connectivity index (χ1) is 10.0. The summed E-state index contributed by atoms with van der Waals surface area (Å²) in [5, 5.41) is 7.89. The molecule has 0 saturated carbocycles. The number of benzene rings is 2. The fourth-order valence-electron chi connectivity index (χ4n) is 2.20. The number of nitrogens with zero attached hydrogens (tertiary/aromatic N) is 2. The SMILES string of the molecule is CC(C)(C)N=C1NN=C(c2ccc3ccccc3c2)CS1. The lowest BCUT2D eigenvalue weighted by atomic mass is 10.0. The molecule has 1 heterocycles. The number of thioether (sulfide) groups is 1. The number of hydrogen-bond donors (Lipinski definition) is 1. The number of fused-ring (bicyclic) bond motifs is 1. The number of nitrogens with one attached hydrogen (secondary N) is 1. The van der Waals surface area contributed by atoms with Crippen LogP contribution in [0.25, 0.3) is 10.8 Å². The Morgan fingerprint density at radius 2 is 1.86 bits per heavy atom. The fraction of sp³-hybridized carbons (Fsp3) is 0.294. The highest BCUT2D eigenvalue weighted by Crippen LogP contribution is 2.20. The smallest absolute Gasteiger partial charge is 0.178 e. The molecule has 1 N–H and O–H groups in total. The van der Waals surface area contributed by atoms with Crippen molar-refractivity contribution in [3.63, 3.8) is 0 Å². The lowest BCUT2D eigenvalue weighted by Crippen LogP contribution is -2.28. The Bertz CT molecular complexity index is 726. The minimum atomic E-state index is -0.0781. The number of amidine groups is 1. The molecule has 0 atom stereocenters. The Morgan fingerprint density at radius 3 is 2.52 bits per heavy atom. The van der Waals surface area contributed by atoms with E-state index in [2.05, 4.69) is 78.8 Å². The molecular formula is C17H19N3S. The third-order valence-corrected chi connectivity index (χ3v) is 4.03. The van der Waals surface area contributed by atoms with Gasteiger partial charge in [0, 0.05) is 5.75 Å². The van der Waals surface area contributed by atoms with E-state index in [1.54, 1.807) is 11.8 Å². The van der Waals surface area contributed by atoms with Crippen molar-refractivity contribution >= 4 is 33.4 Å². The van der Waals surface area contributed by atoms with E-state index < -0.39 is 0 Å². The van der Waals surface area contributed by atoms with Crippen molar-refractivity contribution in [1.29, 1.82) is 0 Å². The van der Waals surface area contributed by atoms with E-state index in [1.807, 2.05) is 0 Å². The normalized spacial score (nSPS) is 17.7. The van der Waals surface area contributed by atoms with Crippen LogP contribution < -0.4 is 5.43 Å². The highest BCUT2D eigenvalue weighted by molar-refractivity contribution is 8.14. The Morgan fingerprint density at radius 1 is 1.10 bits per heavy atom. The highest BCUT2D eigenvalue weighted by Gasteiger charge is 2.16. The minimum Gasteiger partial charge on any atom is -0.256 e. The van der Waals surface area contributed by atoms with Crippen LogP contribution in [0.15, 0.2) is 52.6 Å². The zero-order chi connectivity index (χ0) is 14.9. The van der Waals surface area contributed by atoms with Crippen LogP contribution in [-0.2, 0) is 0 Å². The molecule has 1 aliphatic rings. The van der Waals surface area contributed by atoms with Gasteiger partial charge in [-0.05, 0) is 43.2 Å². The molecule has 108 valence electrons. The van der Waals surface area contributed by atoms with Crippen LogP contribution in [0.2, 0.25) is 0 Å². The first-order valence-electron chi connectivity index (χ1n) is 7.06. The van der Waals surface area contributed by atoms with E-state index >= 15 is 0 Å². The summed E-state index contributed by atoms with van der Waals surface area (Å²) in [5.74, 6) is 0.847. The van der Waals surface area contributed by atoms with Gasteiger partial charge in [-0.3, -0.25) is 10.4 Å². The van der Waals surface area contributed by atoms with E-state index in [9.17, 15) is 0 Å². The van der Waals surface area contributed by atoms with Gasteiger partial charge in [0.15, 0.2) is 5.17 Å². The summed E-state index contributed by atoms with van der Waals surface area (Å²) in [5.41, 5.74) is 5.23. The molecule has 3 nitrogen and oxygen atoms in total. The zero-order valence-electron chi connectivity index (χ0n) is 12.6. The van der Waals surface area contributed by atoms with Crippen molar-refractivity contribution in [3.8, 4) is 0 Å². The van der Waals surface area contributed by atoms with Crippen molar-refractivity contribution in [3.05, 3.63) is 48.0 Å². The summed E-state index contributed by atoms with van der Waals surface area (Å²) < 4.78 is 0. The Balaban J connectivity index is 1.86. The van der Waals surface area contributed by atoms with Gasteiger partial charge >= 0.3 is 0 Å². The predicted molar refractivity (Wildman–Crippen MR) is 93.3 cm³/mol. The third-order valence-electron chi connectivity index (χ3n) is 3.15. The monoisotopic (exact) mass is 297 g/mol. The van der Waals surface area contributed by atoms with Crippen LogP contribution in [0.1, 0.15) is 26.3 Å². The Labute approximate surface area is 129 Å². The van der Waals surface area contributed by atoms with Crippen molar-refractivity contribution < 1.29 is 0 Å². The predicted octanol–water partition coefficient (Wildman–Crippen LogP) is 4.03. The molecule has 0 aromatic heterocycles. The number of hydrogen-bond acceptors (Lipinski definition) is 3. The maximum atomic E-state index is 4.61. The van der Waals surface area contributed by atoms with Crippen molar-refractivity contribution in [2.75, 3.05) is 5.75 Å². The molecule has 2 aromatic rings. The highest BCUT2D eigenvalue weighted by atomic mass is 32.2. The summed E-state index contributed by atoms with van der Waals surface area (Å²) in [7, 11) is 0. The van der Waals surface area contributed by atoms with E-state index in [-0.39, 0.29) is 5.54 Å². The quantitative estimate of drug-likeness (QED) is 0.862. The Kier molecular flexibility index (Phi) is 3.72. The van der Waals surface area contributed by atoms with Gasteiger partial charge in [-0.2, -0.15) is 5.10 Å². The largest absolute Gasteiger partial charge is 0.256 e. The number of aliphatic imine (C=N–C) groups is 1. The average Bonchev–Trinajstić information content (AvgIpc) is 2.46. The van der Waals surface area contributed by atoms with Crippen molar-refractivity contribution in [2.45, 2.75) is 26.3 Å². The summed E-state index contributed by atoms with van der Waals surface area (Å²) >= 11 is 1.71. The van der Waals surface area contributed by atoms with Crippen LogP contribution in [-0.4, -0.2) is 22.2 Å². The maximum absolute atomic E-state index is 4.61. The molecule has 0 unspecified atom stereocenters. The maximum Gasteiger partial charge on any atom is 0.178 e. The van der Waals surface area contributed by atoms with Gasteiger partial charge in [-0.15, -0.1) is 0 Å². The van der Waals surface area contributed by atoms with Crippen molar-refractivity contribution in [1.82, 2.24) is 5.43 Å². The van der Waals surface area contributed by atoms with Gasteiger partial charge < -0.3 is 0 Å². The first-order valence-corrected chi connectivity index (χ1v) is 8.04. The molecule has 0 amide bonds. The fourth-order valence-corrected chi connectivity index (χ4v) is 3.15. The molecule has 0 aliphatic carbocycles. The van der Waals surface area contributed by atoms with E-state index in [0.717, 1.165) is 16.6 Å². The average molecular weight is 297 g/mol.